The van der Waals surface area contributed by atoms with Crippen LogP contribution >= 0.6 is 0 Å². The van der Waals surface area contributed by atoms with E-state index in [0.717, 1.165) is 11.5 Å². The van der Waals surface area contributed by atoms with Crippen LogP contribution in [0.5, 0.6) is 0 Å². The van der Waals surface area contributed by atoms with Crippen molar-refractivity contribution in [2.45, 2.75) is 19.4 Å². The molecule has 2 rings (SSSR count). The summed E-state index contributed by atoms with van der Waals surface area (Å²) in [5.74, 6) is 1.31. The number of rotatable bonds is 5. The summed E-state index contributed by atoms with van der Waals surface area (Å²) < 4.78 is 4.95. The minimum atomic E-state index is -0.614. The summed E-state index contributed by atoms with van der Waals surface area (Å²) in [6.45, 7) is 4.25. The number of anilines is 2. The second-order valence-electron chi connectivity index (χ2n) is 5.62. The normalized spacial score (nSPS) is 18.7. The monoisotopic (exact) mass is 323 g/mol. The summed E-state index contributed by atoms with van der Waals surface area (Å²) in [4.78, 5) is 24.5. The SMILES string of the molecule is CNc1nc(C)cc(N2CCN(C(=O)CCOC)C[C@@H](O)C2)n1. The van der Waals surface area contributed by atoms with Crippen molar-refractivity contribution in [1.82, 2.24) is 14.9 Å². The van der Waals surface area contributed by atoms with Crippen LogP contribution in [-0.2, 0) is 9.53 Å². The molecular weight excluding hydrogens is 298 g/mol. The molecule has 1 aliphatic heterocycles. The van der Waals surface area contributed by atoms with Gasteiger partial charge in [-0.1, -0.05) is 0 Å². The van der Waals surface area contributed by atoms with Crippen LogP contribution in [-0.4, -0.2) is 78.9 Å². The van der Waals surface area contributed by atoms with E-state index in [-0.39, 0.29) is 5.91 Å². The third-order valence-corrected chi connectivity index (χ3v) is 3.76. The zero-order chi connectivity index (χ0) is 16.8. The maximum Gasteiger partial charge on any atom is 0.225 e. The number of carbonyl (C=O) groups excluding carboxylic acids is 1. The van der Waals surface area contributed by atoms with Crippen LogP contribution in [0.3, 0.4) is 0 Å². The summed E-state index contributed by atoms with van der Waals surface area (Å²) in [5.41, 5.74) is 0.853. The molecular formula is C15H25N5O3. The van der Waals surface area contributed by atoms with Crippen molar-refractivity contribution in [3.8, 4) is 0 Å². The Morgan fingerprint density at radius 3 is 2.91 bits per heavy atom. The highest BCUT2D eigenvalue weighted by molar-refractivity contribution is 5.76. The molecule has 1 aromatic rings. The lowest BCUT2D eigenvalue weighted by Gasteiger charge is -2.23. The number of nitrogens with zero attached hydrogens (tertiary/aromatic N) is 4. The minimum absolute atomic E-state index is 0.00234. The summed E-state index contributed by atoms with van der Waals surface area (Å²) in [7, 11) is 3.34. The number of hydrogen-bond donors (Lipinski definition) is 2. The number of aliphatic hydroxyl groups excluding tert-OH is 1. The number of β-amino-alcohol motifs (C(OH)–C–C–N with tert-alkyl or cyclic N) is 1. The Morgan fingerprint density at radius 1 is 1.43 bits per heavy atom. The summed E-state index contributed by atoms with van der Waals surface area (Å²) in [6, 6.07) is 1.88. The fourth-order valence-electron chi connectivity index (χ4n) is 2.60. The Balaban J connectivity index is 2.08. The standard InChI is InChI=1S/C15H25N5O3/c1-11-8-13(18-15(16-2)17-11)19-5-6-20(10-12(21)9-19)14(22)4-7-23-3/h8,12,21H,4-7,9-10H2,1-3H3,(H,16,17,18)/t12-/m0/s1. The molecule has 2 N–H and O–H groups in total. The smallest absolute Gasteiger partial charge is 0.225 e. The molecule has 1 amide bonds. The number of hydrogen-bond acceptors (Lipinski definition) is 7. The van der Waals surface area contributed by atoms with Crippen molar-refractivity contribution in [1.29, 1.82) is 0 Å². The van der Waals surface area contributed by atoms with Crippen molar-refractivity contribution >= 4 is 17.7 Å². The van der Waals surface area contributed by atoms with Gasteiger partial charge in [-0.25, -0.2) is 4.98 Å². The zero-order valence-electron chi connectivity index (χ0n) is 13.9. The molecule has 0 radical (unpaired) electrons. The number of aromatic nitrogens is 2. The summed E-state index contributed by atoms with van der Waals surface area (Å²) in [5, 5.41) is 13.2. The summed E-state index contributed by atoms with van der Waals surface area (Å²) in [6.07, 6.45) is -0.281. The van der Waals surface area contributed by atoms with E-state index in [4.69, 9.17) is 4.74 Å². The molecule has 8 nitrogen and oxygen atoms in total. The predicted octanol–water partition coefficient (Wildman–Crippen LogP) is -0.127. The second-order valence-corrected chi connectivity index (χ2v) is 5.62. The summed E-state index contributed by atoms with van der Waals surface area (Å²) >= 11 is 0. The highest BCUT2D eigenvalue weighted by atomic mass is 16.5. The van der Waals surface area contributed by atoms with Crippen molar-refractivity contribution in [3.05, 3.63) is 11.8 Å². The van der Waals surface area contributed by atoms with Gasteiger partial charge in [-0.15, -0.1) is 0 Å². The van der Waals surface area contributed by atoms with Gasteiger partial charge in [-0.2, -0.15) is 4.98 Å². The van der Waals surface area contributed by atoms with E-state index < -0.39 is 6.10 Å². The Morgan fingerprint density at radius 2 is 2.22 bits per heavy atom. The van der Waals surface area contributed by atoms with E-state index in [9.17, 15) is 9.90 Å². The molecule has 1 aliphatic rings. The number of aryl methyl sites for hydroxylation is 1. The number of nitrogens with one attached hydrogen (secondary N) is 1. The molecule has 8 heteroatoms. The second kappa shape index (κ2) is 8.07. The molecule has 2 heterocycles. The van der Waals surface area contributed by atoms with E-state index in [1.165, 1.54) is 0 Å². The highest BCUT2D eigenvalue weighted by Gasteiger charge is 2.25. The molecule has 0 unspecified atom stereocenters. The molecule has 0 spiro atoms. The van der Waals surface area contributed by atoms with Gasteiger partial charge < -0.3 is 25.0 Å². The van der Waals surface area contributed by atoms with Crippen molar-refractivity contribution in [2.75, 3.05) is 57.2 Å². The minimum Gasteiger partial charge on any atom is -0.389 e. The first-order valence-corrected chi connectivity index (χ1v) is 7.76. The average molecular weight is 323 g/mol. The van der Waals surface area contributed by atoms with Gasteiger partial charge in [0, 0.05) is 52.1 Å². The van der Waals surface area contributed by atoms with Gasteiger partial charge >= 0.3 is 0 Å². The number of carbonyl (C=O) groups is 1. The van der Waals surface area contributed by atoms with E-state index in [2.05, 4.69) is 15.3 Å². The van der Waals surface area contributed by atoms with Gasteiger partial charge in [0.25, 0.3) is 0 Å². The maximum absolute atomic E-state index is 12.1. The molecule has 0 aromatic carbocycles. The van der Waals surface area contributed by atoms with Crippen LogP contribution in [0.25, 0.3) is 0 Å². The third-order valence-electron chi connectivity index (χ3n) is 3.76. The highest BCUT2D eigenvalue weighted by Crippen LogP contribution is 2.17. The molecule has 1 fully saturated rings. The fraction of sp³-hybridized carbons (Fsp3) is 0.667. The van der Waals surface area contributed by atoms with Crippen molar-refractivity contribution in [2.24, 2.45) is 0 Å². The molecule has 23 heavy (non-hydrogen) atoms. The number of methoxy groups -OCH3 is 1. The quantitative estimate of drug-likeness (QED) is 0.780. The van der Waals surface area contributed by atoms with Crippen molar-refractivity contribution in [3.63, 3.8) is 0 Å². The molecule has 0 aliphatic carbocycles. The lowest BCUT2D eigenvalue weighted by molar-refractivity contribution is -0.133. The van der Waals surface area contributed by atoms with Crippen LogP contribution in [0, 0.1) is 6.92 Å². The molecule has 0 saturated carbocycles. The molecule has 1 saturated heterocycles. The molecule has 1 atom stereocenters. The Labute approximate surface area is 136 Å². The van der Waals surface area contributed by atoms with Crippen molar-refractivity contribution < 1.29 is 14.6 Å². The zero-order valence-corrected chi connectivity index (χ0v) is 13.9. The van der Waals surface area contributed by atoms with E-state index >= 15 is 0 Å². The van der Waals surface area contributed by atoms with Gasteiger partial charge in [0.05, 0.1) is 19.1 Å². The van der Waals surface area contributed by atoms with Crippen LogP contribution in [0.1, 0.15) is 12.1 Å². The van der Waals surface area contributed by atoms with Crippen LogP contribution in [0.4, 0.5) is 11.8 Å². The number of ether oxygens (including phenoxy) is 1. The molecule has 1 aromatic heterocycles. The maximum atomic E-state index is 12.1. The Bertz CT molecular complexity index is 540. The molecule has 0 bridgehead atoms. The Hall–Kier alpha value is -1.93. The van der Waals surface area contributed by atoms with Crippen LogP contribution in [0.15, 0.2) is 6.07 Å². The first kappa shape index (κ1) is 17.4. The van der Waals surface area contributed by atoms with E-state index in [1.807, 2.05) is 17.9 Å². The first-order chi connectivity index (χ1) is 11.0. The predicted molar refractivity (Wildman–Crippen MR) is 87.6 cm³/mol. The lowest BCUT2D eigenvalue weighted by atomic mass is 10.3. The van der Waals surface area contributed by atoms with Gasteiger partial charge in [-0.05, 0) is 6.92 Å². The number of aliphatic hydroxyl groups is 1. The largest absolute Gasteiger partial charge is 0.389 e. The van der Waals surface area contributed by atoms with Gasteiger partial charge in [0.1, 0.15) is 5.82 Å². The fourth-order valence-corrected chi connectivity index (χ4v) is 2.60. The third kappa shape index (κ3) is 4.77. The number of amides is 1. The Kier molecular flexibility index (Phi) is 6.12. The first-order valence-electron chi connectivity index (χ1n) is 7.76. The van der Waals surface area contributed by atoms with Crippen LogP contribution < -0.4 is 10.2 Å². The van der Waals surface area contributed by atoms with Crippen LogP contribution in [0.2, 0.25) is 0 Å². The molecule has 128 valence electrons. The van der Waals surface area contributed by atoms with Gasteiger partial charge in [-0.3, -0.25) is 4.79 Å². The van der Waals surface area contributed by atoms with E-state index in [0.29, 0.717) is 45.2 Å². The average Bonchev–Trinajstić information content (AvgIpc) is 2.73. The lowest BCUT2D eigenvalue weighted by Crippen LogP contribution is -2.38. The van der Waals surface area contributed by atoms with Gasteiger partial charge in [0.15, 0.2) is 0 Å². The van der Waals surface area contributed by atoms with E-state index in [1.54, 1.807) is 19.1 Å². The van der Waals surface area contributed by atoms with Gasteiger partial charge in [0.2, 0.25) is 11.9 Å². The topological polar surface area (TPSA) is 90.8 Å².